The fourth-order valence-electron chi connectivity index (χ4n) is 4.27. The molecule has 7 nitrogen and oxygen atoms in total. The second-order valence-corrected chi connectivity index (χ2v) is 9.20. The van der Waals surface area contributed by atoms with Gasteiger partial charge in [0.2, 0.25) is 0 Å². The molecule has 1 atom stereocenters. The topological polar surface area (TPSA) is 104 Å². The number of aliphatic hydroxyl groups is 1. The number of carbonyl (C=O) groups is 3. The van der Waals surface area contributed by atoms with Gasteiger partial charge in [-0.25, -0.2) is 0 Å². The molecule has 2 N–H and O–H groups in total. The summed E-state index contributed by atoms with van der Waals surface area (Å²) in [6.45, 7) is 2.03. The predicted octanol–water partition coefficient (Wildman–Crippen LogP) is 5.27. The highest BCUT2D eigenvalue weighted by Gasteiger charge is 2.47. The molecule has 3 aromatic rings. The largest absolute Gasteiger partial charge is 0.507 e. The number of aliphatic carboxylic acids is 1. The fraction of sp³-hybridized carbons (Fsp3) is 0.179. The summed E-state index contributed by atoms with van der Waals surface area (Å²) in [4.78, 5) is 39.0. The minimum Gasteiger partial charge on any atom is -0.507 e. The second kappa shape index (κ2) is 10.4. The van der Waals surface area contributed by atoms with Gasteiger partial charge < -0.3 is 14.9 Å². The van der Waals surface area contributed by atoms with Crippen LogP contribution in [0.1, 0.15) is 35.2 Å². The van der Waals surface area contributed by atoms with Gasteiger partial charge in [-0.15, -0.1) is 0 Å². The summed E-state index contributed by atoms with van der Waals surface area (Å²) < 4.78 is 5.84. The Morgan fingerprint density at radius 2 is 1.61 bits per heavy atom. The molecule has 0 aliphatic carbocycles. The molecule has 1 saturated heterocycles. The Labute approximate surface area is 216 Å². The molecule has 36 heavy (non-hydrogen) atoms. The van der Waals surface area contributed by atoms with Gasteiger partial charge >= 0.3 is 5.97 Å². The van der Waals surface area contributed by atoms with Gasteiger partial charge in [-0.05, 0) is 69.4 Å². The first-order chi connectivity index (χ1) is 17.2. The molecule has 0 saturated carbocycles. The molecule has 184 valence electrons. The Kier molecular flexibility index (Phi) is 7.26. The number of amides is 1. The Morgan fingerprint density at radius 3 is 2.17 bits per heavy atom. The van der Waals surface area contributed by atoms with Gasteiger partial charge in [0.1, 0.15) is 11.5 Å². The van der Waals surface area contributed by atoms with Gasteiger partial charge in [-0.3, -0.25) is 19.3 Å². The monoisotopic (exact) mass is 549 g/mol. The summed E-state index contributed by atoms with van der Waals surface area (Å²) in [6, 6.07) is 18.0. The average molecular weight is 550 g/mol. The second-order valence-electron chi connectivity index (χ2n) is 8.35. The highest BCUT2D eigenvalue weighted by atomic mass is 79.9. The molecule has 0 spiro atoms. The number of anilines is 1. The molecule has 1 heterocycles. The minimum atomic E-state index is -0.968. The summed E-state index contributed by atoms with van der Waals surface area (Å²) in [6.07, 6.45) is 0.665. The number of hydrogen-bond acceptors (Lipinski definition) is 5. The first kappa shape index (κ1) is 25.2. The number of aliphatic hydroxyl groups excluding tert-OH is 1. The molecular formula is C28H24BrNO6. The van der Waals surface area contributed by atoms with Gasteiger partial charge in [0.05, 0.1) is 29.6 Å². The number of nitrogens with zero attached hydrogens (tertiary/aromatic N) is 1. The van der Waals surface area contributed by atoms with Crippen molar-refractivity contribution in [1.29, 1.82) is 0 Å². The van der Waals surface area contributed by atoms with Gasteiger partial charge in [0.15, 0.2) is 0 Å². The zero-order chi connectivity index (χ0) is 26.0. The lowest BCUT2D eigenvalue weighted by molar-refractivity contribution is -0.136. The predicted molar refractivity (Wildman–Crippen MR) is 139 cm³/mol. The van der Waals surface area contributed by atoms with Crippen molar-refractivity contribution in [3.8, 4) is 5.75 Å². The summed E-state index contributed by atoms with van der Waals surface area (Å²) in [5.41, 5.74) is 3.06. The van der Waals surface area contributed by atoms with Crippen LogP contribution in [0.4, 0.5) is 5.69 Å². The molecule has 4 rings (SSSR count). The molecule has 0 radical (unpaired) electrons. The zero-order valence-corrected chi connectivity index (χ0v) is 21.3. The molecular weight excluding hydrogens is 526 g/mol. The molecule has 1 aliphatic rings. The standard InChI is InChI=1S/C28H24BrNO6/c1-3-16-4-8-18(9-5-16)25-24(26(33)19-10-13-22(36-2)21(29)15-19)27(34)28(35)30(25)20-11-6-17(7-12-20)14-23(31)32/h4-13,15,25,33H,3,14H2,1-2H3,(H,31,32)/b26-24-. The fourth-order valence-corrected chi connectivity index (χ4v) is 4.81. The van der Waals surface area contributed by atoms with Crippen molar-refractivity contribution in [1.82, 2.24) is 0 Å². The highest BCUT2D eigenvalue weighted by Crippen LogP contribution is 2.43. The first-order valence-electron chi connectivity index (χ1n) is 11.3. The van der Waals surface area contributed by atoms with Crippen LogP contribution in [-0.2, 0) is 27.2 Å². The molecule has 1 fully saturated rings. The van der Waals surface area contributed by atoms with Crippen molar-refractivity contribution in [2.45, 2.75) is 25.8 Å². The van der Waals surface area contributed by atoms with Crippen LogP contribution in [0.3, 0.4) is 0 Å². The number of benzene rings is 3. The van der Waals surface area contributed by atoms with E-state index in [1.54, 1.807) is 42.5 Å². The number of aryl methyl sites for hydroxylation is 1. The van der Waals surface area contributed by atoms with E-state index in [4.69, 9.17) is 9.84 Å². The number of carbonyl (C=O) groups excluding carboxylic acids is 2. The summed E-state index contributed by atoms with van der Waals surface area (Å²) in [5.74, 6) is -2.30. The summed E-state index contributed by atoms with van der Waals surface area (Å²) in [5, 5.41) is 20.4. The maximum absolute atomic E-state index is 13.3. The van der Waals surface area contributed by atoms with Crippen LogP contribution < -0.4 is 9.64 Å². The molecule has 1 unspecified atom stereocenters. The number of ketones is 1. The number of carboxylic acids is 1. The summed E-state index contributed by atoms with van der Waals surface area (Å²) >= 11 is 3.40. The molecule has 1 aliphatic heterocycles. The third-order valence-electron chi connectivity index (χ3n) is 6.14. The van der Waals surface area contributed by atoms with Crippen LogP contribution in [0.2, 0.25) is 0 Å². The number of ether oxygens (including phenoxy) is 1. The Hall–Kier alpha value is -3.91. The molecule has 0 bridgehead atoms. The van der Waals surface area contributed by atoms with E-state index in [0.29, 0.717) is 32.6 Å². The van der Waals surface area contributed by atoms with Crippen LogP contribution in [0.15, 0.2) is 76.8 Å². The Morgan fingerprint density at radius 1 is 0.972 bits per heavy atom. The lowest BCUT2D eigenvalue weighted by Crippen LogP contribution is -2.29. The van der Waals surface area contributed by atoms with Crippen LogP contribution in [0, 0.1) is 0 Å². The van der Waals surface area contributed by atoms with Crippen molar-refractivity contribution in [2.24, 2.45) is 0 Å². The number of methoxy groups -OCH3 is 1. The van der Waals surface area contributed by atoms with E-state index in [2.05, 4.69) is 15.9 Å². The third kappa shape index (κ3) is 4.77. The van der Waals surface area contributed by atoms with Crippen molar-refractivity contribution in [3.63, 3.8) is 0 Å². The van der Waals surface area contributed by atoms with E-state index in [9.17, 15) is 19.5 Å². The van der Waals surface area contributed by atoms with Crippen molar-refractivity contribution in [3.05, 3.63) is 99.0 Å². The van der Waals surface area contributed by atoms with E-state index >= 15 is 0 Å². The van der Waals surface area contributed by atoms with Gasteiger partial charge in [-0.2, -0.15) is 0 Å². The normalized spacial score (nSPS) is 16.9. The van der Waals surface area contributed by atoms with Crippen LogP contribution in [0.25, 0.3) is 5.76 Å². The first-order valence-corrected chi connectivity index (χ1v) is 12.1. The number of rotatable bonds is 7. The Balaban J connectivity index is 1.87. The van der Waals surface area contributed by atoms with Crippen LogP contribution in [0.5, 0.6) is 5.75 Å². The Bertz CT molecular complexity index is 1360. The quantitative estimate of drug-likeness (QED) is 0.236. The molecule has 1 amide bonds. The van der Waals surface area contributed by atoms with Crippen molar-refractivity contribution < 1.29 is 29.3 Å². The van der Waals surface area contributed by atoms with E-state index in [1.807, 2.05) is 31.2 Å². The van der Waals surface area contributed by atoms with Gasteiger partial charge in [0, 0.05) is 11.3 Å². The van der Waals surface area contributed by atoms with E-state index in [0.717, 1.165) is 12.0 Å². The maximum Gasteiger partial charge on any atom is 0.307 e. The van der Waals surface area contributed by atoms with E-state index < -0.39 is 23.7 Å². The lowest BCUT2D eigenvalue weighted by atomic mass is 9.94. The number of Topliss-reactive ketones (excluding diaryl/α,β-unsaturated/α-hetero) is 1. The van der Waals surface area contributed by atoms with Crippen molar-refractivity contribution in [2.75, 3.05) is 12.0 Å². The smallest absolute Gasteiger partial charge is 0.307 e. The minimum absolute atomic E-state index is 0.0315. The van der Waals surface area contributed by atoms with Gasteiger partial charge in [-0.1, -0.05) is 43.3 Å². The average Bonchev–Trinajstić information content (AvgIpc) is 3.14. The third-order valence-corrected chi connectivity index (χ3v) is 6.76. The van der Waals surface area contributed by atoms with Crippen LogP contribution in [-0.4, -0.2) is 35.0 Å². The van der Waals surface area contributed by atoms with E-state index in [-0.39, 0.29) is 17.8 Å². The van der Waals surface area contributed by atoms with Crippen LogP contribution >= 0.6 is 15.9 Å². The SMILES string of the molecule is CCc1ccc(C2/C(=C(/O)c3ccc(OC)c(Br)c3)C(=O)C(=O)N2c2ccc(CC(=O)O)cc2)cc1. The van der Waals surface area contributed by atoms with Crippen molar-refractivity contribution >= 4 is 45.0 Å². The lowest BCUT2D eigenvalue weighted by Gasteiger charge is -2.26. The molecule has 0 aromatic heterocycles. The highest BCUT2D eigenvalue weighted by molar-refractivity contribution is 9.10. The van der Waals surface area contributed by atoms with E-state index in [1.165, 1.54) is 12.0 Å². The zero-order valence-electron chi connectivity index (χ0n) is 19.7. The maximum atomic E-state index is 13.3. The summed E-state index contributed by atoms with van der Waals surface area (Å²) in [7, 11) is 1.52. The number of hydrogen-bond donors (Lipinski definition) is 2. The molecule has 3 aromatic carbocycles. The number of carboxylic acid groups (broad SMARTS) is 1. The molecule has 8 heteroatoms. The van der Waals surface area contributed by atoms with Gasteiger partial charge in [0.25, 0.3) is 11.7 Å². The number of halogens is 1.